The van der Waals surface area contributed by atoms with Gasteiger partial charge in [0.2, 0.25) is 5.95 Å². The zero-order valence-corrected chi connectivity index (χ0v) is 17.6. The number of piperidine rings is 1. The van der Waals surface area contributed by atoms with Gasteiger partial charge in [0.05, 0.1) is 6.61 Å². The van der Waals surface area contributed by atoms with Crippen molar-refractivity contribution < 1.29 is 9.53 Å². The topological polar surface area (TPSA) is 82.6 Å². The molecule has 0 bridgehead atoms. The average molecular weight is 399 g/mol. The van der Waals surface area contributed by atoms with Gasteiger partial charge in [-0.1, -0.05) is 0 Å². The Labute approximate surface area is 172 Å². The molecule has 0 unspecified atom stereocenters. The van der Waals surface area contributed by atoms with Gasteiger partial charge in [0.1, 0.15) is 5.82 Å². The van der Waals surface area contributed by atoms with Crippen molar-refractivity contribution in [1.29, 1.82) is 0 Å². The number of aryl methyl sites for hydroxylation is 1. The zero-order valence-electron chi connectivity index (χ0n) is 17.6. The Morgan fingerprint density at radius 3 is 2.52 bits per heavy atom. The highest BCUT2D eigenvalue weighted by molar-refractivity contribution is 5.67. The molecule has 8 nitrogen and oxygen atoms in total. The summed E-state index contributed by atoms with van der Waals surface area (Å²) in [5.74, 6) is 1.36. The van der Waals surface area contributed by atoms with Crippen molar-refractivity contribution in [2.24, 2.45) is 0 Å². The lowest BCUT2D eigenvalue weighted by atomic mass is 10.1. The molecular weight excluding hydrogens is 368 g/mol. The molecule has 2 heterocycles. The third kappa shape index (κ3) is 5.73. The highest BCUT2D eigenvalue weighted by Gasteiger charge is 2.23. The van der Waals surface area contributed by atoms with E-state index >= 15 is 0 Å². The van der Waals surface area contributed by atoms with Crippen molar-refractivity contribution in [2.75, 3.05) is 49.3 Å². The van der Waals surface area contributed by atoms with E-state index in [1.165, 1.54) is 0 Å². The number of anilines is 4. The number of likely N-dealkylation sites (tertiary alicyclic amines) is 1. The molecule has 156 valence electrons. The van der Waals surface area contributed by atoms with Gasteiger partial charge < -0.3 is 25.2 Å². The normalized spacial score (nSPS) is 14.4. The van der Waals surface area contributed by atoms with Crippen molar-refractivity contribution in [2.45, 2.75) is 32.7 Å². The van der Waals surface area contributed by atoms with Crippen LogP contribution in [0.3, 0.4) is 0 Å². The van der Waals surface area contributed by atoms with E-state index in [2.05, 4.69) is 37.6 Å². The molecule has 1 aliphatic heterocycles. The van der Waals surface area contributed by atoms with E-state index in [1.807, 2.05) is 46.1 Å². The summed E-state index contributed by atoms with van der Waals surface area (Å²) >= 11 is 0. The van der Waals surface area contributed by atoms with Gasteiger partial charge in [0, 0.05) is 56.4 Å². The second-order valence-electron chi connectivity index (χ2n) is 7.39. The minimum absolute atomic E-state index is 0.226. The number of rotatable bonds is 6. The van der Waals surface area contributed by atoms with E-state index in [0.717, 1.165) is 35.7 Å². The third-order valence-corrected chi connectivity index (χ3v) is 4.87. The van der Waals surface area contributed by atoms with Crippen molar-refractivity contribution in [1.82, 2.24) is 14.9 Å². The minimum Gasteiger partial charge on any atom is -0.450 e. The second kappa shape index (κ2) is 9.45. The lowest BCUT2D eigenvalue weighted by Gasteiger charge is -2.31. The second-order valence-corrected chi connectivity index (χ2v) is 7.39. The van der Waals surface area contributed by atoms with Gasteiger partial charge in [0.25, 0.3) is 0 Å². The molecule has 8 heteroatoms. The monoisotopic (exact) mass is 398 g/mol. The average Bonchev–Trinajstić information content (AvgIpc) is 2.68. The molecule has 29 heavy (non-hydrogen) atoms. The van der Waals surface area contributed by atoms with Crippen molar-refractivity contribution in [3.8, 4) is 0 Å². The van der Waals surface area contributed by atoms with Crippen LogP contribution < -0.4 is 15.5 Å². The summed E-state index contributed by atoms with van der Waals surface area (Å²) in [6.45, 7) is 5.56. The Hall–Kier alpha value is -3.03. The SMILES string of the molecule is CCOC(=O)N1CCC(Nc2cc(C)nc(Nc3ccc(N(C)C)cc3)n2)CC1. The lowest BCUT2D eigenvalue weighted by molar-refractivity contribution is 0.0983. The van der Waals surface area contributed by atoms with Crippen LogP contribution in [0.1, 0.15) is 25.5 Å². The maximum atomic E-state index is 11.8. The van der Waals surface area contributed by atoms with E-state index in [9.17, 15) is 4.79 Å². The number of hydrogen-bond donors (Lipinski definition) is 2. The van der Waals surface area contributed by atoms with Crippen LogP contribution in [-0.4, -0.2) is 60.8 Å². The van der Waals surface area contributed by atoms with Crippen LogP contribution >= 0.6 is 0 Å². The maximum Gasteiger partial charge on any atom is 0.409 e. The fourth-order valence-corrected chi connectivity index (χ4v) is 3.30. The number of ether oxygens (including phenoxy) is 1. The largest absolute Gasteiger partial charge is 0.450 e. The minimum atomic E-state index is -0.226. The molecule has 1 aromatic carbocycles. The predicted octanol–water partition coefficient (Wildman–Crippen LogP) is 3.63. The van der Waals surface area contributed by atoms with E-state index in [-0.39, 0.29) is 12.1 Å². The molecule has 0 atom stereocenters. The summed E-state index contributed by atoms with van der Waals surface area (Å²) in [5, 5.41) is 6.76. The van der Waals surface area contributed by atoms with Crippen LogP contribution in [-0.2, 0) is 4.74 Å². The van der Waals surface area contributed by atoms with Gasteiger partial charge >= 0.3 is 6.09 Å². The highest BCUT2D eigenvalue weighted by Crippen LogP contribution is 2.21. The zero-order chi connectivity index (χ0) is 20.8. The lowest BCUT2D eigenvalue weighted by Crippen LogP contribution is -2.42. The summed E-state index contributed by atoms with van der Waals surface area (Å²) < 4.78 is 5.08. The molecule has 1 amide bonds. The van der Waals surface area contributed by atoms with Crippen molar-refractivity contribution >= 4 is 29.2 Å². The fourth-order valence-electron chi connectivity index (χ4n) is 3.30. The molecule has 0 spiro atoms. The molecule has 1 fully saturated rings. The van der Waals surface area contributed by atoms with Crippen molar-refractivity contribution in [3.05, 3.63) is 36.0 Å². The Morgan fingerprint density at radius 1 is 1.21 bits per heavy atom. The molecule has 1 aliphatic rings. The van der Waals surface area contributed by atoms with E-state index in [1.54, 1.807) is 4.90 Å². The van der Waals surface area contributed by atoms with Gasteiger partial charge in [0.15, 0.2) is 0 Å². The Kier molecular flexibility index (Phi) is 6.74. The molecule has 1 aromatic heterocycles. The molecule has 1 saturated heterocycles. The quantitative estimate of drug-likeness (QED) is 0.769. The van der Waals surface area contributed by atoms with Gasteiger partial charge in [-0.15, -0.1) is 0 Å². The van der Waals surface area contributed by atoms with Crippen LogP contribution in [0.25, 0.3) is 0 Å². The molecule has 2 aromatic rings. The van der Waals surface area contributed by atoms with Crippen molar-refractivity contribution in [3.63, 3.8) is 0 Å². The summed E-state index contributed by atoms with van der Waals surface area (Å²) in [7, 11) is 4.03. The van der Waals surface area contributed by atoms with Crippen LogP contribution in [0.4, 0.5) is 27.9 Å². The molecule has 3 rings (SSSR count). The van der Waals surface area contributed by atoms with Gasteiger partial charge in [-0.2, -0.15) is 4.98 Å². The number of carbonyl (C=O) groups excluding carboxylic acids is 1. The van der Waals surface area contributed by atoms with Gasteiger partial charge in [-0.3, -0.25) is 0 Å². The van der Waals surface area contributed by atoms with Crippen LogP contribution in [0.2, 0.25) is 0 Å². The standard InChI is InChI=1S/C21H30N6O2/c1-5-29-21(28)27-12-10-17(11-13-27)23-19-14-15(2)22-20(25-19)24-16-6-8-18(9-7-16)26(3)4/h6-9,14,17H,5,10-13H2,1-4H3,(H2,22,23,24,25). The number of hydrogen-bond acceptors (Lipinski definition) is 7. The number of nitrogens with one attached hydrogen (secondary N) is 2. The first-order valence-electron chi connectivity index (χ1n) is 10.0. The number of carbonyl (C=O) groups is 1. The molecule has 0 radical (unpaired) electrons. The first kappa shape index (κ1) is 20.7. The number of benzene rings is 1. The smallest absolute Gasteiger partial charge is 0.409 e. The Balaban J connectivity index is 1.60. The fraction of sp³-hybridized carbons (Fsp3) is 0.476. The Morgan fingerprint density at radius 2 is 1.90 bits per heavy atom. The summed E-state index contributed by atoms with van der Waals surface area (Å²) in [6, 6.07) is 10.3. The van der Waals surface area contributed by atoms with Crippen LogP contribution in [0.5, 0.6) is 0 Å². The first-order chi connectivity index (χ1) is 13.9. The summed E-state index contributed by atoms with van der Waals surface area (Å²) in [4.78, 5) is 24.8. The van der Waals surface area contributed by atoms with E-state index in [0.29, 0.717) is 25.6 Å². The molecular formula is C21H30N6O2. The molecule has 0 saturated carbocycles. The first-order valence-corrected chi connectivity index (χ1v) is 10.0. The van der Waals surface area contributed by atoms with Gasteiger partial charge in [-0.25, -0.2) is 9.78 Å². The number of nitrogens with zero attached hydrogens (tertiary/aromatic N) is 4. The summed E-state index contributed by atoms with van der Waals surface area (Å²) in [6.07, 6.45) is 1.49. The van der Waals surface area contributed by atoms with Gasteiger partial charge in [-0.05, 0) is 51.0 Å². The number of aromatic nitrogens is 2. The highest BCUT2D eigenvalue weighted by atomic mass is 16.6. The predicted molar refractivity (Wildman–Crippen MR) is 116 cm³/mol. The maximum absolute atomic E-state index is 11.8. The third-order valence-electron chi connectivity index (χ3n) is 4.87. The van der Waals surface area contributed by atoms with E-state index in [4.69, 9.17) is 4.74 Å². The summed E-state index contributed by atoms with van der Waals surface area (Å²) in [5.41, 5.74) is 2.96. The van der Waals surface area contributed by atoms with Crippen LogP contribution in [0.15, 0.2) is 30.3 Å². The molecule has 0 aliphatic carbocycles. The number of amides is 1. The Bertz CT molecular complexity index is 816. The van der Waals surface area contributed by atoms with E-state index < -0.39 is 0 Å². The molecule has 2 N–H and O–H groups in total. The van der Waals surface area contributed by atoms with Crippen LogP contribution in [0, 0.1) is 6.92 Å².